The molecule has 0 aliphatic carbocycles. The highest BCUT2D eigenvalue weighted by molar-refractivity contribution is 6.35. The monoisotopic (exact) mass is 287 g/mol. The summed E-state index contributed by atoms with van der Waals surface area (Å²) in [5.41, 5.74) is 0.698. The SMILES string of the molecule is Cc1nccn1CCNc1cc(Cl)c(F)c(Cl)c1. The van der Waals surface area contributed by atoms with E-state index in [9.17, 15) is 4.39 Å². The third-order valence-corrected chi connectivity index (χ3v) is 3.14. The Hall–Kier alpha value is -1.26. The Morgan fingerprint density at radius 1 is 1.33 bits per heavy atom. The quantitative estimate of drug-likeness (QED) is 0.868. The summed E-state index contributed by atoms with van der Waals surface area (Å²) < 4.78 is 15.2. The van der Waals surface area contributed by atoms with E-state index < -0.39 is 5.82 Å². The van der Waals surface area contributed by atoms with Crippen LogP contribution in [0.5, 0.6) is 0 Å². The largest absolute Gasteiger partial charge is 0.383 e. The Kier molecular flexibility index (Phi) is 4.09. The molecule has 1 aromatic carbocycles. The molecule has 0 atom stereocenters. The van der Waals surface area contributed by atoms with Crippen molar-refractivity contribution in [3.8, 4) is 0 Å². The number of nitrogens with one attached hydrogen (secondary N) is 1. The standard InChI is InChI=1S/C12H12Cl2FN3/c1-8-16-2-4-18(8)5-3-17-9-6-10(13)12(15)11(14)7-9/h2,4,6-7,17H,3,5H2,1H3. The molecule has 0 aliphatic heterocycles. The summed E-state index contributed by atoms with van der Waals surface area (Å²) in [5.74, 6) is 0.362. The summed E-state index contributed by atoms with van der Waals surface area (Å²) in [6.45, 7) is 3.37. The molecule has 6 heteroatoms. The Morgan fingerprint density at radius 3 is 2.56 bits per heavy atom. The van der Waals surface area contributed by atoms with Crippen LogP contribution in [-0.4, -0.2) is 16.1 Å². The molecule has 0 saturated heterocycles. The molecule has 0 saturated carbocycles. The van der Waals surface area contributed by atoms with Crippen LogP contribution < -0.4 is 5.32 Å². The number of imidazole rings is 1. The fraction of sp³-hybridized carbons (Fsp3) is 0.250. The lowest BCUT2D eigenvalue weighted by molar-refractivity contribution is 0.628. The zero-order valence-electron chi connectivity index (χ0n) is 9.75. The molecule has 2 rings (SSSR count). The highest BCUT2D eigenvalue weighted by atomic mass is 35.5. The van der Waals surface area contributed by atoms with E-state index >= 15 is 0 Å². The topological polar surface area (TPSA) is 29.9 Å². The second-order valence-electron chi connectivity index (χ2n) is 3.85. The maximum absolute atomic E-state index is 13.2. The van der Waals surface area contributed by atoms with E-state index in [1.54, 1.807) is 6.20 Å². The van der Waals surface area contributed by atoms with Crippen LogP contribution in [-0.2, 0) is 6.54 Å². The first-order valence-corrected chi connectivity index (χ1v) is 6.19. The summed E-state index contributed by atoms with van der Waals surface area (Å²) >= 11 is 11.4. The minimum Gasteiger partial charge on any atom is -0.383 e. The molecule has 0 unspecified atom stereocenters. The molecule has 0 radical (unpaired) electrons. The van der Waals surface area contributed by atoms with Gasteiger partial charge in [0.15, 0.2) is 5.82 Å². The molecule has 18 heavy (non-hydrogen) atoms. The first-order chi connectivity index (χ1) is 8.58. The highest BCUT2D eigenvalue weighted by Gasteiger charge is 2.07. The number of nitrogens with zero attached hydrogens (tertiary/aromatic N) is 2. The van der Waals surface area contributed by atoms with Crippen LogP contribution in [0.2, 0.25) is 10.0 Å². The van der Waals surface area contributed by atoms with E-state index in [-0.39, 0.29) is 10.0 Å². The number of rotatable bonds is 4. The Balaban J connectivity index is 1.97. The number of hydrogen-bond acceptors (Lipinski definition) is 2. The van der Waals surface area contributed by atoms with Gasteiger partial charge in [-0.15, -0.1) is 0 Å². The van der Waals surface area contributed by atoms with Crippen molar-refractivity contribution < 1.29 is 4.39 Å². The van der Waals surface area contributed by atoms with Gasteiger partial charge in [0.1, 0.15) is 5.82 Å². The van der Waals surface area contributed by atoms with Crippen LogP contribution in [0.4, 0.5) is 10.1 Å². The lowest BCUT2D eigenvalue weighted by atomic mass is 10.3. The molecule has 1 heterocycles. The molecule has 3 nitrogen and oxygen atoms in total. The maximum Gasteiger partial charge on any atom is 0.160 e. The first kappa shape index (κ1) is 13.2. The lowest BCUT2D eigenvalue weighted by Gasteiger charge is -2.09. The van der Waals surface area contributed by atoms with E-state index in [1.807, 2.05) is 17.7 Å². The molecule has 0 spiro atoms. The van der Waals surface area contributed by atoms with Gasteiger partial charge in [0.25, 0.3) is 0 Å². The number of anilines is 1. The second kappa shape index (κ2) is 5.59. The number of hydrogen-bond donors (Lipinski definition) is 1. The molecule has 2 aromatic rings. The first-order valence-electron chi connectivity index (χ1n) is 5.44. The number of halogens is 3. The van der Waals surface area contributed by atoms with Crippen molar-refractivity contribution >= 4 is 28.9 Å². The van der Waals surface area contributed by atoms with Crippen LogP contribution in [0.1, 0.15) is 5.82 Å². The van der Waals surface area contributed by atoms with Crippen molar-refractivity contribution in [1.82, 2.24) is 9.55 Å². The van der Waals surface area contributed by atoms with E-state index in [4.69, 9.17) is 23.2 Å². The Morgan fingerprint density at radius 2 is 2.00 bits per heavy atom. The zero-order chi connectivity index (χ0) is 13.1. The third kappa shape index (κ3) is 2.94. The lowest BCUT2D eigenvalue weighted by Crippen LogP contribution is -2.11. The fourth-order valence-electron chi connectivity index (χ4n) is 1.62. The second-order valence-corrected chi connectivity index (χ2v) is 4.66. The van der Waals surface area contributed by atoms with Crippen molar-refractivity contribution in [3.05, 3.63) is 46.2 Å². The number of aromatic nitrogens is 2. The average molecular weight is 288 g/mol. The predicted octanol–water partition coefficient (Wildman–Crippen LogP) is 3.75. The normalized spacial score (nSPS) is 10.7. The van der Waals surface area contributed by atoms with Gasteiger partial charge in [0, 0.05) is 31.2 Å². The minimum absolute atomic E-state index is 0.0174. The molecule has 1 N–H and O–H groups in total. The van der Waals surface area contributed by atoms with Crippen molar-refractivity contribution in [2.45, 2.75) is 13.5 Å². The summed E-state index contributed by atoms with van der Waals surface area (Å²) in [6, 6.07) is 3.03. The summed E-state index contributed by atoms with van der Waals surface area (Å²) in [6.07, 6.45) is 3.66. The van der Waals surface area contributed by atoms with Crippen LogP contribution in [0, 0.1) is 12.7 Å². The fourth-order valence-corrected chi connectivity index (χ4v) is 2.11. The molecular weight excluding hydrogens is 276 g/mol. The van der Waals surface area contributed by atoms with Crippen molar-refractivity contribution in [2.24, 2.45) is 0 Å². The predicted molar refractivity (Wildman–Crippen MR) is 71.9 cm³/mol. The van der Waals surface area contributed by atoms with Crippen LogP contribution >= 0.6 is 23.2 Å². The van der Waals surface area contributed by atoms with Crippen LogP contribution in [0.3, 0.4) is 0 Å². The number of benzene rings is 1. The molecule has 96 valence electrons. The van der Waals surface area contributed by atoms with Gasteiger partial charge in [-0.25, -0.2) is 9.37 Å². The highest BCUT2D eigenvalue weighted by Crippen LogP contribution is 2.27. The van der Waals surface area contributed by atoms with Gasteiger partial charge in [-0.2, -0.15) is 0 Å². The molecule has 0 bridgehead atoms. The van der Waals surface area contributed by atoms with E-state index in [2.05, 4.69) is 10.3 Å². The van der Waals surface area contributed by atoms with Gasteiger partial charge in [-0.1, -0.05) is 23.2 Å². The van der Waals surface area contributed by atoms with Gasteiger partial charge < -0.3 is 9.88 Å². The molecular formula is C12H12Cl2FN3. The molecule has 0 fully saturated rings. The molecule has 0 aliphatic rings. The van der Waals surface area contributed by atoms with E-state index in [0.29, 0.717) is 12.2 Å². The molecule has 1 aromatic heterocycles. The van der Waals surface area contributed by atoms with Crippen LogP contribution in [0.15, 0.2) is 24.5 Å². The Bertz CT molecular complexity index is 531. The van der Waals surface area contributed by atoms with Crippen molar-refractivity contribution in [2.75, 3.05) is 11.9 Å². The zero-order valence-corrected chi connectivity index (χ0v) is 11.3. The average Bonchev–Trinajstić information content (AvgIpc) is 2.72. The van der Waals surface area contributed by atoms with E-state index in [1.165, 1.54) is 12.1 Å². The van der Waals surface area contributed by atoms with Gasteiger partial charge in [-0.05, 0) is 19.1 Å². The minimum atomic E-state index is -0.589. The van der Waals surface area contributed by atoms with Crippen LogP contribution in [0.25, 0.3) is 0 Å². The summed E-state index contributed by atoms with van der Waals surface area (Å²) in [7, 11) is 0. The van der Waals surface area contributed by atoms with Gasteiger partial charge in [0.2, 0.25) is 0 Å². The Labute approximate surface area is 115 Å². The summed E-state index contributed by atoms with van der Waals surface area (Å²) in [4.78, 5) is 4.13. The van der Waals surface area contributed by atoms with Gasteiger partial charge >= 0.3 is 0 Å². The van der Waals surface area contributed by atoms with Gasteiger partial charge in [-0.3, -0.25) is 0 Å². The van der Waals surface area contributed by atoms with E-state index in [0.717, 1.165) is 12.4 Å². The maximum atomic E-state index is 13.2. The van der Waals surface area contributed by atoms with Crippen molar-refractivity contribution in [3.63, 3.8) is 0 Å². The third-order valence-electron chi connectivity index (χ3n) is 2.59. The van der Waals surface area contributed by atoms with Crippen molar-refractivity contribution in [1.29, 1.82) is 0 Å². The number of aryl methyl sites for hydroxylation is 1. The molecule has 0 amide bonds. The smallest absolute Gasteiger partial charge is 0.160 e. The van der Waals surface area contributed by atoms with Gasteiger partial charge in [0.05, 0.1) is 10.0 Å². The summed E-state index contributed by atoms with van der Waals surface area (Å²) in [5, 5.41) is 3.17.